The van der Waals surface area contributed by atoms with Gasteiger partial charge in [-0.2, -0.15) is 0 Å². The van der Waals surface area contributed by atoms with Gasteiger partial charge in [-0.3, -0.25) is 4.79 Å². The summed E-state index contributed by atoms with van der Waals surface area (Å²) in [6, 6.07) is 11.8. The van der Waals surface area contributed by atoms with Crippen LogP contribution in [0.15, 0.2) is 58.5 Å². The molecule has 1 N–H and O–H groups in total. The Morgan fingerprint density at radius 3 is 2.83 bits per heavy atom. The smallest absolute Gasteiger partial charge is 0.251 e. The first-order valence-corrected chi connectivity index (χ1v) is 8.25. The van der Waals surface area contributed by atoms with Gasteiger partial charge in [-0.05, 0) is 41.8 Å². The Kier molecular flexibility index (Phi) is 4.96. The molecule has 2 heterocycles. The van der Waals surface area contributed by atoms with Crippen molar-refractivity contribution in [3.63, 3.8) is 0 Å². The van der Waals surface area contributed by atoms with Crippen LogP contribution < -0.4 is 10.1 Å². The molecule has 0 saturated carbocycles. The van der Waals surface area contributed by atoms with Crippen LogP contribution in [0.3, 0.4) is 0 Å². The number of carbonyl (C=O) groups excluding carboxylic acids is 1. The number of hydrogen-bond donors (Lipinski definition) is 1. The fourth-order valence-electron chi connectivity index (χ4n) is 2.42. The van der Waals surface area contributed by atoms with Crippen LogP contribution in [0.1, 0.15) is 26.9 Å². The summed E-state index contributed by atoms with van der Waals surface area (Å²) in [6.45, 7) is 0.362. The molecule has 24 heavy (non-hydrogen) atoms. The maximum Gasteiger partial charge on any atom is 0.251 e. The van der Waals surface area contributed by atoms with E-state index in [4.69, 9.17) is 9.15 Å². The van der Waals surface area contributed by atoms with Crippen molar-refractivity contribution < 1.29 is 18.3 Å². The van der Waals surface area contributed by atoms with E-state index in [1.807, 2.05) is 29.6 Å². The second-order valence-electron chi connectivity index (χ2n) is 5.14. The van der Waals surface area contributed by atoms with Crippen LogP contribution in [0, 0.1) is 5.82 Å². The number of furan rings is 1. The topological polar surface area (TPSA) is 51.5 Å². The van der Waals surface area contributed by atoms with Crippen LogP contribution in [-0.2, 0) is 0 Å². The van der Waals surface area contributed by atoms with E-state index < -0.39 is 5.82 Å². The number of methoxy groups -OCH3 is 1. The first-order valence-electron chi connectivity index (χ1n) is 7.37. The molecule has 4 nitrogen and oxygen atoms in total. The average Bonchev–Trinajstić information content (AvgIpc) is 3.29. The highest BCUT2D eigenvalue weighted by Gasteiger charge is 2.19. The molecule has 6 heteroatoms. The Morgan fingerprint density at radius 2 is 2.21 bits per heavy atom. The molecule has 0 saturated heterocycles. The second-order valence-corrected chi connectivity index (χ2v) is 6.12. The number of thiophene rings is 1. The van der Waals surface area contributed by atoms with Gasteiger partial charge in [-0.25, -0.2) is 4.39 Å². The van der Waals surface area contributed by atoms with Crippen molar-refractivity contribution in [1.29, 1.82) is 0 Å². The molecule has 0 spiro atoms. The third-order valence-corrected chi connectivity index (χ3v) is 4.64. The molecule has 0 radical (unpaired) electrons. The van der Waals surface area contributed by atoms with Gasteiger partial charge in [0.2, 0.25) is 0 Å². The average molecular weight is 345 g/mol. The molecule has 1 atom stereocenters. The summed E-state index contributed by atoms with van der Waals surface area (Å²) in [5.74, 6) is -0.0973. The lowest BCUT2D eigenvalue weighted by Gasteiger charge is -2.14. The Hall–Kier alpha value is -2.60. The van der Waals surface area contributed by atoms with Crippen LogP contribution in [0.2, 0.25) is 0 Å². The summed E-state index contributed by atoms with van der Waals surface area (Å²) in [5.41, 5.74) is 0.248. The highest BCUT2D eigenvalue weighted by molar-refractivity contribution is 7.10. The molecule has 3 rings (SSSR count). The van der Waals surface area contributed by atoms with Crippen molar-refractivity contribution in [2.75, 3.05) is 13.7 Å². The highest BCUT2D eigenvalue weighted by Crippen LogP contribution is 2.28. The molecule has 0 bridgehead atoms. The lowest BCUT2D eigenvalue weighted by molar-refractivity contribution is 0.0951. The molecule has 124 valence electrons. The number of amides is 1. The van der Waals surface area contributed by atoms with Gasteiger partial charge >= 0.3 is 0 Å². The van der Waals surface area contributed by atoms with Gasteiger partial charge in [0.1, 0.15) is 5.76 Å². The molecule has 1 amide bonds. The monoisotopic (exact) mass is 345 g/mol. The molecule has 1 aromatic carbocycles. The summed E-state index contributed by atoms with van der Waals surface area (Å²) < 4.78 is 24.1. The third kappa shape index (κ3) is 3.49. The summed E-state index contributed by atoms with van der Waals surface area (Å²) in [4.78, 5) is 13.4. The molecular weight excluding hydrogens is 329 g/mol. The van der Waals surface area contributed by atoms with Crippen molar-refractivity contribution in [2.45, 2.75) is 5.92 Å². The summed E-state index contributed by atoms with van der Waals surface area (Å²) in [6.07, 6.45) is 1.61. The Bertz CT molecular complexity index is 766. The first kappa shape index (κ1) is 16.3. The number of rotatable bonds is 6. The van der Waals surface area contributed by atoms with Gasteiger partial charge in [0.15, 0.2) is 11.6 Å². The van der Waals surface area contributed by atoms with Crippen molar-refractivity contribution in [3.8, 4) is 5.75 Å². The second kappa shape index (κ2) is 7.31. The first-order chi connectivity index (χ1) is 11.7. The maximum atomic E-state index is 13.7. The molecule has 3 aromatic rings. The lowest BCUT2D eigenvalue weighted by atomic mass is 10.0. The number of carbonyl (C=O) groups is 1. The van der Waals surface area contributed by atoms with Gasteiger partial charge in [0.05, 0.1) is 19.3 Å². The number of nitrogens with one attached hydrogen (secondary N) is 1. The molecule has 0 aliphatic rings. The molecular formula is C18H16FNO3S. The molecule has 0 aliphatic carbocycles. The predicted molar refractivity (Wildman–Crippen MR) is 90.2 cm³/mol. The summed E-state index contributed by atoms with van der Waals surface area (Å²) in [7, 11) is 1.38. The normalized spacial score (nSPS) is 11.9. The van der Waals surface area contributed by atoms with Gasteiger partial charge < -0.3 is 14.5 Å². The van der Waals surface area contributed by atoms with Crippen molar-refractivity contribution >= 4 is 17.2 Å². The van der Waals surface area contributed by atoms with Gasteiger partial charge in [0, 0.05) is 17.0 Å². The molecule has 0 fully saturated rings. The fraction of sp³-hybridized carbons (Fsp3) is 0.167. The fourth-order valence-corrected chi connectivity index (χ4v) is 3.26. The van der Waals surface area contributed by atoms with E-state index in [2.05, 4.69) is 5.32 Å². The largest absolute Gasteiger partial charge is 0.494 e. The summed E-state index contributed by atoms with van der Waals surface area (Å²) >= 11 is 1.60. The number of halogens is 1. The van der Waals surface area contributed by atoms with Crippen molar-refractivity contribution in [2.24, 2.45) is 0 Å². The Labute approximate surface area is 142 Å². The van der Waals surface area contributed by atoms with Crippen LogP contribution in [0.5, 0.6) is 5.75 Å². The van der Waals surface area contributed by atoms with Gasteiger partial charge in [-0.15, -0.1) is 11.3 Å². The van der Waals surface area contributed by atoms with Gasteiger partial charge in [0.25, 0.3) is 5.91 Å². The number of benzene rings is 1. The van der Waals surface area contributed by atoms with Crippen molar-refractivity contribution in [1.82, 2.24) is 5.32 Å². The van der Waals surface area contributed by atoms with Crippen LogP contribution >= 0.6 is 11.3 Å². The van der Waals surface area contributed by atoms with E-state index in [0.29, 0.717) is 6.54 Å². The third-order valence-electron chi connectivity index (χ3n) is 3.65. The van der Waals surface area contributed by atoms with E-state index in [1.54, 1.807) is 17.6 Å². The standard InChI is InChI=1S/C18H16FNO3S/c1-22-16-7-6-12(10-14(16)19)18(21)20-11-13(15-4-2-8-23-15)17-5-3-9-24-17/h2-10,13H,11H2,1H3,(H,20,21). The van der Waals surface area contributed by atoms with E-state index in [0.717, 1.165) is 10.6 Å². The zero-order chi connectivity index (χ0) is 16.9. The zero-order valence-electron chi connectivity index (χ0n) is 13.0. The minimum atomic E-state index is -0.564. The molecule has 2 aromatic heterocycles. The van der Waals surface area contributed by atoms with Crippen LogP contribution in [-0.4, -0.2) is 19.6 Å². The molecule has 1 unspecified atom stereocenters. The number of hydrogen-bond acceptors (Lipinski definition) is 4. The lowest BCUT2D eigenvalue weighted by Crippen LogP contribution is -2.28. The minimum absolute atomic E-state index is 0.0768. The Morgan fingerprint density at radius 1 is 1.33 bits per heavy atom. The van der Waals surface area contributed by atoms with E-state index in [9.17, 15) is 9.18 Å². The highest BCUT2D eigenvalue weighted by atomic mass is 32.1. The van der Waals surface area contributed by atoms with Crippen LogP contribution in [0.25, 0.3) is 0 Å². The summed E-state index contributed by atoms with van der Waals surface area (Å²) in [5, 5.41) is 4.82. The SMILES string of the molecule is COc1ccc(C(=O)NCC(c2ccco2)c2cccs2)cc1F. The quantitative estimate of drug-likeness (QED) is 0.733. The van der Waals surface area contributed by atoms with E-state index in [1.165, 1.54) is 25.3 Å². The van der Waals surface area contributed by atoms with Gasteiger partial charge in [-0.1, -0.05) is 6.07 Å². The minimum Gasteiger partial charge on any atom is -0.494 e. The van der Waals surface area contributed by atoms with Crippen LogP contribution in [0.4, 0.5) is 4.39 Å². The predicted octanol–water partition coefficient (Wildman–Crippen LogP) is 4.05. The zero-order valence-corrected chi connectivity index (χ0v) is 13.8. The van der Waals surface area contributed by atoms with E-state index >= 15 is 0 Å². The maximum absolute atomic E-state index is 13.7. The number of ether oxygens (including phenoxy) is 1. The van der Waals surface area contributed by atoms with E-state index in [-0.39, 0.29) is 23.1 Å². The molecule has 0 aliphatic heterocycles. The Balaban J connectivity index is 1.73. The van der Waals surface area contributed by atoms with Crippen molar-refractivity contribution in [3.05, 3.63) is 76.1 Å².